The summed E-state index contributed by atoms with van der Waals surface area (Å²) in [6, 6.07) is 6.83. The van der Waals surface area contributed by atoms with Crippen LogP contribution in [-0.2, 0) is 0 Å². The number of H-pyrrole nitrogens is 1. The van der Waals surface area contributed by atoms with Gasteiger partial charge in [-0.15, -0.1) is 10.2 Å². The molecule has 0 radical (unpaired) electrons. The van der Waals surface area contributed by atoms with Crippen molar-refractivity contribution in [2.24, 2.45) is 0 Å². The molecule has 2 heterocycles. The lowest BCUT2D eigenvalue weighted by Gasteiger charge is -2.25. The van der Waals surface area contributed by atoms with E-state index in [-0.39, 0.29) is 7.43 Å². The molecule has 1 aliphatic carbocycles. The molecular formula is C18H28N6. The molecule has 4 rings (SSSR count). The van der Waals surface area contributed by atoms with Gasteiger partial charge in [-0.05, 0) is 43.2 Å². The van der Waals surface area contributed by atoms with Gasteiger partial charge in [0, 0.05) is 11.6 Å². The number of benzene rings is 1. The van der Waals surface area contributed by atoms with Crippen LogP contribution in [0.2, 0.25) is 0 Å². The van der Waals surface area contributed by atoms with Gasteiger partial charge in [-0.1, -0.05) is 40.5 Å². The largest absolute Gasteiger partial charge is 0.325 e. The average molecular weight is 328 g/mol. The number of fused-ring (bicyclic) bond motifs is 1. The monoisotopic (exact) mass is 328 g/mol. The lowest BCUT2D eigenvalue weighted by molar-refractivity contribution is 0.355. The van der Waals surface area contributed by atoms with Crippen molar-refractivity contribution >= 4 is 11.0 Å². The van der Waals surface area contributed by atoms with Crippen LogP contribution in [0.25, 0.3) is 22.4 Å². The Hall–Kier alpha value is -2.24. The predicted molar refractivity (Wildman–Crippen MR) is 97.8 cm³/mol. The van der Waals surface area contributed by atoms with E-state index in [0.29, 0.717) is 11.9 Å². The highest BCUT2D eigenvalue weighted by molar-refractivity contribution is 5.81. The zero-order valence-electron chi connectivity index (χ0n) is 14.1. The van der Waals surface area contributed by atoms with Crippen LogP contribution >= 0.6 is 0 Å². The standard InChI is InChI=1S/C15H18N6.C2H6.CH4/c1-10-16-13-9-11(15-17-19-20-18-15)7-8-14(13)21(10)12-5-3-2-4-6-12;1-2;/h7-9,12H,2-6H2,1H3,(H,17,18,19,20);1-2H3;1H4. The van der Waals surface area contributed by atoms with Gasteiger partial charge in [0.15, 0.2) is 0 Å². The highest BCUT2D eigenvalue weighted by Crippen LogP contribution is 2.33. The third-order valence-electron chi connectivity index (χ3n) is 4.41. The van der Waals surface area contributed by atoms with Crippen LogP contribution < -0.4 is 0 Å². The van der Waals surface area contributed by atoms with Crippen molar-refractivity contribution in [1.82, 2.24) is 30.2 Å². The van der Waals surface area contributed by atoms with Crippen molar-refractivity contribution in [1.29, 1.82) is 0 Å². The Balaban J connectivity index is 0.000000670. The van der Waals surface area contributed by atoms with E-state index >= 15 is 0 Å². The van der Waals surface area contributed by atoms with Crippen LogP contribution in [0.15, 0.2) is 18.2 Å². The van der Waals surface area contributed by atoms with Crippen molar-refractivity contribution in [3.05, 3.63) is 24.0 Å². The summed E-state index contributed by atoms with van der Waals surface area (Å²) in [5.74, 6) is 1.71. The van der Waals surface area contributed by atoms with Crippen molar-refractivity contribution in [3.63, 3.8) is 0 Å². The first-order valence-electron chi connectivity index (χ1n) is 8.55. The summed E-state index contributed by atoms with van der Waals surface area (Å²) < 4.78 is 2.41. The van der Waals surface area contributed by atoms with Crippen molar-refractivity contribution in [3.8, 4) is 11.4 Å². The van der Waals surface area contributed by atoms with E-state index in [4.69, 9.17) is 4.98 Å². The van der Waals surface area contributed by atoms with E-state index in [1.54, 1.807) is 0 Å². The van der Waals surface area contributed by atoms with Gasteiger partial charge in [0.25, 0.3) is 0 Å². The topological polar surface area (TPSA) is 72.3 Å². The fraction of sp³-hybridized carbons (Fsp3) is 0.556. The van der Waals surface area contributed by atoms with Gasteiger partial charge in [0.05, 0.1) is 11.0 Å². The van der Waals surface area contributed by atoms with E-state index in [0.717, 1.165) is 16.9 Å². The molecule has 1 saturated carbocycles. The molecule has 0 saturated heterocycles. The molecule has 1 aromatic carbocycles. The molecule has 0 atom stereocenters. The maximum atomic E-state index is 4.74. The van der Waals surface area contributed by atoms with Crippen LogP contribution in [0.1, 0.15) is 65.2 Å². The minimum Gasteiger partial charge on any atom is -0.325 e. The molecule has 0 unspecified atom stereocenters. The number of aromatic amines is 1. The zero-order valence-corrected chi connectivity index (χ0v) is 14.1. The molecule has 2 aromatic heterocycles. The van der Waals surface area contributed by atoms with Gasteiger partial charge in [0.1, 0.15) is 5.82 Å². The van der Waals surface area contributed by atoms with Gasteiger partial charge in [-0.2, -0.15) is 5.21 Å². The van der Waals surface area contributed by atoms with Crippen LogP contribution in [0.4, 0.5) is 0 Å². The first kappa shape index (κ1) is 18.1. The molecule has 3 aromatic rings. The number of hydrogen-bond acceptors (Lipinski definition) is 4. The third kappa shape index (κ3) is 3.32. The highest BCUT2D eigenvalue weighted by atomic mass is 15.5. The number of imidazole rings is 1. The molecule has 0 bridgehead atoms. The fourth-order valence-corrected chi connectivity index (χ4v) is 3.44. The van der Waals surface area contributed by atoms with Crippen LogP contribution in [0.3, 0.4) is 0 Å². The SMILES string of the molecule is C.CC.Cc1nc2cc(-c3nn[nH]n3)ccc2n1C1CCCCC1. The smallest absolute Gasteiger partial charge is 0.204 e. The molecule has 130 valence electrons. The van der Waals surface area contributed by atoms with Crippen molar-refractivity contribution in [2.75, 3.05) is 0 Å². The number of hydrogen-bond donors (Lipinski definition) is 1. The number of nitrogens with zero attached hydrogens (tertiary/aromatic N) is 5. The summed E-state index contributed by atoms with van der Waals surface area (Å²) in [4.78, 5) is 4.74. The van der Waals surface area contributed by atoms with E-state index < -0.39 is 0 Å². The Bertz CT molecular complexity index is 753. The molecule has 0 amide bonds. The lowest BCUT2D eigenvalue weighted by Crippen LogP contribution is -2.13. The number of rotatable bonds is 2. The molecule has 6 heteroatoms. The Morgan fingerprint density at radius 1 is 1.12 bits per heavy atom. The van der Waals surface area contributed by atoms with Crippen LogP contribution in [-0.4, -0.2) is 30.2 Å². The number of tetrazole rings is 1. The third-order valence-corrected chi connectivity index (χ3v) is 4.41. The molecule has 24 heavy (non-hydrogen) atoms. The van der Waals surface area contributed by atoms with E-state index in [1.807, 2.05) is 26.0 Å². The zero-order chi connectivity index (χ0) is 16.2. The Morgan fingerprint density at radius 2 is 1.88 bits per heavy atom. The fourth-order valence-electron chi connectivity index (χ4n) is 3.44. The van der Waals surface area contributed by atoms with E-state index in [9.17, 15) is 0 Å². The van der Waals surface area contributed by atoms with Crippen molar-refractivity contribution in [2.45, 2.75) is 66.3 Å². The summed E-state index contributed by atoms with van der Waals surface area (Å²) in [5.41, 5.74) is 3.18. The van der Waals surface area contributed by atoms with Gasteiger partial charge >= 0.3 is 0 Å². The summed E-state index contributed by atoms with van der Waals surface area (Å²) >= 11 is 0. The lowest BCUT2D eigenvalue weighted by atomic mass is 9.95. The molecule has 1 aliphatic rings. The summed E-state index contributed by atoms with van der Waals surface area (Å²) in [5, 5.41) is 14.2. The molecule has 1 N–H and O–H groups in total. The van der Waals surface area contributed by atoms with Crippen LogP contribution in [0, 0.1) is 6.92 Å². The molecule has 0 spiro atoms. The number of aryl methyl sites for hydroxylation is 1. The minimum absolute atomic E-state index is 0. The summed E-state index contributed by atoms with van der Waals surface area (Å²) in [6.45, 7) is 6.10. The Morgan fingerprint density at radius 3 is 2.54 bits per heavy atom. The normalized spacial score (nSPS) is 14.8. The molecular weight excluding hydrogens is 300 g/mol. The first-order chi connectivity index (χ1) is 11.3. The average Bonchev–Trinajstić information content (AvgIpc) is 3.23. The maximum Gasteiger partial charge on any atom is 0.204 e. The van der Waals surface area contributed by atoms with Gasteiger partial charge in [-0.25, -0.2) is 4.98 Å². The second-order valence-electron chi connectivity index (χ2n) is 5.76. The number of nitrogens with one attached hydrogen (secondary N) is 1. The quantitative estimate of drug-likeness (QED) is 0.740. The van der Waals surface area contributed by atoms with Gasteiger partial charge in [-0.3, -0.25) is 0 Å². The Kier molecular flexibility index (Phi) is 6.06. The molecule has 1 fully saturated rings. The van der Waals surface area contributed by atoms with E-state index in [1.165, 1.54) is 37.6 Å². The second kappa shape index (κ2) is 8.04. The summed E-state index contributed by atoms with van der Waals surface area (Å²) in [7, 11) is 0. The molecule has 0 aliphatic heterocycles. The van der Waals surface area contributed by atoms with Crippen LogP contribution in [0.5, 0.6) is 0 Å². The minimum atomic E-state index is 0. The van der Waals surface area contributed by atoms with Gasteiger partial charge < -0.3 is 4.57 Å². The first-order valence-corrected chi connectivity index (χ1v) is 8.55. The second-order valence-corrected chi connectivity index (χ2v) is 5.76. The Labute approximate surface area is 143 Å². The van der Waals surface area contributed by atoms with E-state index in [2.05, 4.69) is 38.2 Å². The highest BCUT2D eigenvalue weighted by Gasteiger charge is 2.20. The van der Waals surface area contributed by atoms with Gasteiger partial charge in [0.2, 0.25) is 5.82 Å². The number of aromatic nitrogens is 6. The molecule has 6 nitrogen and oxygen atoms in total. The summed E-state index contributed by atoms with van der Waals surface area (Å²) in [6.07, 6.45) is 6.54. The maximum absolute atomic E-state index is 4.74. The van der Waals surface area contributed by atoms with Crippen molar-refractivity contribution < 1.29 is 0 Å². The predicted octanol–water partition coefficient (Wildman–Crippen LogP) is 4.69.